The topological polar surface area (TPSA) is 34.9 Å². The van der Waals surface area contributed by atoms with E-state index in [0.717, 1.165) is 48.6 Å². The van der Waals surface area contributed by atoms with Crippen LogP contribution in [0.3, 0.4) is 0 Å². The first kappa shape index (κ1) is 11.6. The lowest BCUT2D eigenvalue weighted by molar-refractivity contribution is -0.120. The highest BCUT2D eigenvalue weighted by molar-refractivity contribution is 6.31. The lowest BCUT2D eigenvalue weighted by Crippen LogP contribution is -2.13. The maximum absolute atomic E-state index is 11.6. The quantitative estimate of drug-likeness (QED) is 0.814. The summed E-state index contributed by atoms with van der Waals surface area (Å²) >= 11 is 6.22. The summed E-state index contributed by atoms with van der Waals surface area (Å²) in [6, 6.07) is 0. The SMILES string of the molecule is CCn1nc(C)c(Cl)c1CC1CCCC1=O. The zero-order valence-corrected chi connectivity index (χ0v) is 10.5. The Labute approximate surface area is 101 Å². The largest absolute Gasteiger partial charge is 0.299 e. The molecule has 1 atom stereocenters. The number of hydrogen-bond acceptors (Lipinski definition) is 2. The van der Waals surface area contributed by atoms with Crippen LogP contribution in [0.25, 0.3) is 0 Å². The number of carbonyl (C=O) groups is 1. The Bertz CT molecular complexity index is 411. The van der Waals surface area contributed by atoms with E-state index in [9.17, 15) is 4.79 Å². The van der Waals surface area contributed by atoms with Gasteiger partial charge < -0.3 is 0 Å². The molecule has 0 bridgehead atoms. The highest BCUT2D eigenvalue weighted by Crippen LogP contribution is 2.29. The van der Waals surface area contributed by atoms with Gasteiger partial charge in [-0.1, -0.05) is 11.6 Å². The summed E-state index contributed by atoms with van der Waals surface area (Å²) in [7, 11) is 0. The maximum Gasteiger partial charge on any atom is 0.136 e. The number of Topliss-reactive ketones (excluding diaryl/α,β-unsaturated/α-hetero) is 1. The summed E-state index contributed by atoms with van der Waals surface area (Å²) in [5, 5.41) is 5.11. The number of hydrogen-bond donors (Lipinski definition) is 0. The van der Waals surface area contributed by atoms with Gasteiger partial charge in [0.15, 0.2) is 0 Å². The Balaban J connectivity index is 2.23. The summed E-state index contributed by atoms with van der Waals surface area (Å²) < 4.78 is 1.92. The van der Waals surface area contributed by atoms with Gasteiger partial charge in [-0.2, -0.15) is 5.10 Å². The summed E-state index contributed by atoms with van der Waals surface area (Å²) in [5.74, 6) is 0.552. The number of halogens is 1. The Kier molecular flexibility index (Phi) is 3.33. The molecule has 0 saturated heterocycles. The van der Waals surface area contributed by atoms with Gasteiger partial charge in [0, 0.05) is 25.3 Å². The minimum Gasteiger partial charge on any atom is -0.299 e. The van der Waals surface area contributed by atoms with Gasteiger partial charge in [0.05, 0.1) is 16.4 Å². The average molecular weight is 241 g/mol. The Morgan fingerprint density at radius 1 is 1.56 bits per heavy atom. The third-order valence-electron chi connectivity index (χ3n) is 3.32. The molecule has 16 heavy (non-hydrogen) atoms. The molecule has 0 spiro atoms. The van der Waals surface area contributed by atoms with Crippen molar-refractivity contribution in [3.8, 4) is 0 Å². The second-order valence-corrected chi connectivity index (χ2v) is 4.80. The molecular formula is C12H17ClN2O. The standard InChI is InChI=1S/C12H17ClN2O/c1-3-15-10(12(13)8(2)14-15)7-9-5-4-6-11(9)16/h9H,3-7H2,1-2H3. The fraction of sp³-hybridized carbons (Fsp3) is 0.667. The molecule has 0 radical (unpaired) electrons. The first-order valence-electron chi connectivity index (χ1n) is 5.88. The van der Waals surface area contributed by atoms with Gasteiger partial charge >= 0.3 is 0 Å². The van der Waals surface area contributed by atoms with Crippen LogP contribution in [0.4, 0.5) is 0 Å². The normalized spacial score (nSPS) is 20.7. The van der Waals surface area contributed by atoms with Gasteiger partial charge in [0.25, 0.3) is 0 Å². The average Bonchev–Trinajstić information content (AvgIpc) is 2.78. The lowest BCUT2D eigenvalue weighted by atomic mass is 10.0. The van der Waals surface area contributed by atoms with E-state index in [4.69, 9.17) is 11.6 Å². The Morgan fingerprint density at radius 3 is 2.88 bits per heavy atom. The molecule has 4 heteroatoms. The minimum absolute atomic E-state index is 0.166. The molecule has 3 nitrogen and oxygen atoms in total. The summed E-state index contributed by atoms with van der Waals surface area (Å²) in [5.41, 5.74) is 1.89. The van der Waals surface area contributed by atoms with Crippen LogP contribution < -0.4 is 0 Å². The van der Waals surface area contributed by atoms with Crippen LogP contribution in [0, 0.1) is 12.8 Å². The van der Waals surface area contributed by atoms with E-state index in [1.807, 2.05) is 18.5 Å². The van der Waals surface area contributed by atoms with Crippen molar-refractivity contribution in [3.63, 3.8) is 0 Å². The molecule has 1 aromatic rings. The minimum atomic E-state index is 0.166. The van der Waals surface area contributed by atoms with Crippen molar-refractivity contribution in [1.82, 2.24) is 9.78 Å². The molecule has 88 valence electrons. The predicted molar refractivity (Wildman–Crippen MR) is 63.7 cm³/mol. The van der Waals surface area contributed by atoms with Gasteiger partial charge in [0.2, 0.25) is 0 Å². The summed E-state index contributed by atoms with van der Waals surface area (Å²) in [6.07, 6.45) is 3.53. The molecule has 2 rings (SSSR count). The maximum atomic E-state index is 11.6. The van der Waals surface area contributed by atoms with Gasteiger partial charge in [-0.05, 0) is 26.7 Å². The number of rotatable bonds is 3. The van der Waals surface area contributed by atoms with Crippen molar-refractivity contribution < 1.29 is 4.79 Å². The Morgan fingerprint density at radius 2 is 2.31 bits per heavy atom. The van der Waals surface area contributed by atoms with E-state index >= 15 is 0 Å². The highest BCUT2D eigenvalue weighted by atomic mass is 35.5. The highest BCUT2D eigenvalue weighted by Gasteiger charge is 2.27. The first-order valence-corrected chi connectivity index (χ1v) is 6.25. The van der Waals surface area contributed by atoms with Gasteiger partial charge in [-0.15, -0.1) is 0 Å². The zero-order chi connectivity index (χ0) is 11.7. The fourth-order valence-electron chi connectivity index (χ4n) is 2.40. The second-order valence-electron chi connectivity index (χ2n) is 4.42. The van der Waals surface area contributed by atoms with Crippen LogP contribution in [0.15, 0.2) is 0 Å². The van der Waals surface area contributed by atoms with Crippen LogP contribution in [0.5, 0.6) is 0 Å². The Hall–Kier alpha value is -0.830. The van der Waals surface area contributed by atoms with E-state index < -0.39 is 0 Å². The number of aromatic nitrogens is 2. The van der Waals surface area contributed by atoms with Crippen LogP contribution in [-0.4, -0.2) is 15.6 Å². The molecule has 0 N–H and O–H groups in total. The van der Waals surface area contributed by atoms with E-state index in [1.54, 1.807) is 0 Å². The van der Waals surface area contributed by atoms with Crippen molar-refractivity contribution in [3.05, 3.63) is 16.4 Å². The zero-order valence-electron chi connectivity index (χ0n) is 9.79. The molecule has 1 aliphatic carbocycles. The number of carbonyl (C=O) groups excluding carboxylic acids is 1. The first-order chi connectivity index (χ1) is 7.63. The van der Waals surface area contributed by atoms with Crippen LogP contribution >= 0.6 is 11.6 Å². The van der Waals surface area contributed by atoms with Gasteiger partial charge in [-0.25, -0.2) is 0 Å². The fourth-order valence-corrected chi connectivity index (χ4v) is 2.61. The summed E-state index contributed by atoms with van der Waals surface area (Å²) in [4.78, 5) is 11.6. The van der Waals surface area contributed by atoms with Crippen LogP contribution in [-0.2, 0) is 17.8 Å². The smallest absolute Gasteiger partial charge is 0.136 e. The monoisotopic (exact) mass is 240 g/mol. The molecule has 0 aliphatic heterocycles. The van der Waals surface area contributed by atoms with E-state index in [-0.39, 0.29) is 5.92 Å². The predicted octanol–water partition coefficient (Wildman–Crippen LogP) is 2.78. The van der Waals surface area contributed by atoms with E-state index in [2.05, 4.69) is 5.10 Å². The number of ketones is 1. The molecule has 1 aliphatic rings. The third kappa shape index (κ3) is 2.01. The van der Waals surface area contributed by atoms with E-state index in [0.29, 0.717) is 5.78 Å². The van der Waals surface area contributed by atoms with Crippen molar-refractivity contribution in [1.29, 1.82) is 0 Å². The molecule has 1 fully saturated rings. The molecule has 1 saturated carbocycles. The van der Waals surface area contributed by atoms with Crippen LogP contribution in [0.1, 0.15) is 37.6 Å². The van der Waals surface area contributed by atoms with E-state index in [1.165, 1.54) is 0 Å². The molecular weight excluding hydrogens is 224 g/mol. The molecule has 1 aromatic heterocycles. The van der Waals surface area contributed by atoms with Gasteiger partial charge in [-0.3, -0.25) is 9.48 Å². The second kappa shape index (κ2) is 4.58. The van der Waals surface area contributed by atoms with Crippen molar-refractivity contribution in [2.75, 3.05) is 0 Å². The summed E-state index contributed by atoms with van der Waals surface area (Å²) in [6.45, 7) is 4.76. The molecule has 0 aromatic carbocycles. The van der Waals surface area contributed by atoms with Crippen molar-refractivity contribution >= 4 is 17.4 Å². The third-order valence-corrected chi connectivity index (χ3v) is 3.82. The molecule has 1 unspecified atom stereocenters. The van der Waals surface area contributed by atoms with Crippen LogP contribution in [0.2, 0.25) is 5.02 Å². The van der Waals surface area contributed by atoms with Crippen molar-refractivity contribution in [2.45, 2.75) is 46.1 Å². The molecule has 0 amide bonds. The number of nitrogens with zero attached hydrogens (tertiary/aromatic N) is 2. The molecule has 1 heterocycles. The van der Waals surface area contributed by atoms with Gasteiger partial charge in [0.1, 0.15) is 5.78 Å². The number of aryl methyl sites for hydroxylation is 2. The van der Waals surface area contributed by atoms with Crippen molar-refractivity contribution in [2.24, 2.45) is 5.92 Å². The lowest BCUT2D eigenvalue weighted by Gasteiger charge is -2.09.